The summed E-state index contributed by atoms with van der Waals surface area (Å²) in [5.74, 6) is 0.0208. The monoisotopic (exact) mass is 204 g/mol. The number of ketones is 2. The van der Waals surface area contributed by atoms with Gasteiger partial charge in [0.2, 0.25) is 0 Å². The van der Waals surface area contributed by atoms with Crippen LogP contribution in [0.2, 0.25) is 0 Å². The minimum absolute atomic E-state index is 0.00926. The Morgan fingerprint density at radius 2 is 2.00 bits per heavy atom. The first kappa shape index (κ1) is 7.92. The summed E-state index contributed by atoms with van der Waals surface area (Å²) in [5.41, 5.74) is -0.439. The molecule has 1 fully saturated rings. The maximum atomic E-state index is 11.2. The molecule has 10 heavy (non-hydrogen) atoms. The fourth-order valence-corrected chi connectivity index (χ4v) is 1.88. The Morgan fingerprint density at radius 3 is 2.10 bits per heavy atom. The van der Waals surface area contributed by atoms with Gasteiger partial charge in [0, 0.05) is 11.8 Å². The highest BCUT2D eigenvalue weighted by Crippen LogP contribution is 2.34. The Kier molecular flexibility index (Phi) is 1.71. The zero-order valence-corrected chi connectivity index (χ0v) is 7.56. The van der Waals surface area contributed by atoms with Crippen molar-refractivity contribution in [2.75, 3.05) is 0 Å². The topological polar surface area (TPSA) is 34.1 Å². The Balaban J connectivity index is 2.92. The number of carbonyl (C=O) groups excluding carboxylic acids is 2. The van der Waals surface area contributed by atoms with Crippen LogP contribution in [-0.4, -0.2) is 16.4 Å². The third-order valence-electron chi connectivity index (χ3n) is 1.80. The molecule has 0 aromatic heterocycles. The lowest BCUT2D eigenvalue weighted by Crippen LogP contribution is -2.21. The average Bonchev–Trinajstić information content (AvgIpc) is 1.95. The van der Waals surface area contributed by atoms with E-state index in [9.17, 15) is 9.59 Å². The van der Waals surface area contributed by atoms with E-state index in [1.54, 1.807) is 13.8 Å². The van der Waals surface area contributed by atoms with E-state index < -0.39 is 10.2 Å². The smallest absolute Gasteiger partial charge is 0.159 e. The van der Waals surface area contributed by atoms with Gasteiger partial charge >= 0.3 is 0 Å². The van der Waals surface area contributed by atoms with Crippen LogP contribution in [0.1, 0.15) is 20.3 Å². The van der Waals surface area contributed by atoms with Crippen LogP contribution in [0.4, 0.5) is 0 Å². The van der Waals surface area contributed by atoms with Gasteiger partial charge in [-0.2, -0.15) is 0 Å². The molecule has 0 heterocycles. The van der Waals surface area contributed by atoms with Crippen LogP contribution in [0.25, 0.3) is 0 Å². The molecule has 1 atom stereocenters. The summed E-state index contributed by atoms with van der Waals surface area (Å²) in [4.78, 5) is 21.6. The fourth-order valence-electron chi connectivity index (χ4n) is 1.10. The predicted octanol–water partition coefficient (Wildman–Crippen LogP) is 1.32. The van der Waals surface area contributed by atoms with Crippen LogP contribution in [0, 0.1) is 5.41 Å². The quantitative estimate of drug-likeness (QED) is 0.441. The highest BCUT2D eigenvalue weighted by molar-refractivity contribution is 9.10. The molecule has 1 aliphatic carbocycles. The van der Waals surface area contributed by atoms with Crippen LogP contribution in [-0.2, 0) is 9.59 Å². The molecule has 0 saturated heterocycles. The normalized spacial score (nSPS) is 31.3. The van der Waals surface area contributed by atoms with Gasteiger partial charge in [0.25, 0.3) is 0 Å². The van der Waals surface area contributed by atoms with Gasteiger partial charge < -0.3 is 0 Å². The number of Topliss-reactive ketones (excluding diaryl/α,β-unsaturated/α-hetero) is 2. The van der Waals surface area contributed by atoms with E-state index in [0.29, 0.717) is 6.42 Å². The Bertz CT molecular complexity index is 196. The molecule has 0 N–H and O–H groups in total. The molecular formula is C7H9BrO2. The fraction of sp³-hybridized carbons (Fsp3) is 0.714. The molecule has 0 aromatic carbocycles. The van der Waals surface area contributed by atoms with Gasteiger partial charge in [0.15, 0.2) is 11.6 Å². The second kappa shape index (κ2) is 2.16. The first-order chi connectivity index (χ1) is 4.45. The standard InChI is InChI=1S/C7H9BrO2/c1-7(2)3-4(9)5(8)6(7)10/h5H,3H2,1-2H3. The first-order valence-corrected chi connectivity index (χ1v) is 4.08. The molecule has 1 rings (SSSR count). The molecule has 0 aromatic rings. The molecule has 0 bridgehead atoms. The van der Waals surface area contributed by atoms with Crippen LogP contribution >= 0.6 is 15.9 Å². The van der Waals surface area contributed by atoms with Crippen molar-refractivity contribution in [1.29, 1.82) is 0 Å². The minimum atomic E-state index is -0.539. The van der Waals surface area contributed by atoms with Crippen LogP contribution in [0.3, 0.4) is 0 Å². The second-order valence-corrected chi connectivity index (χ2v) is 4.17. The summed E-state index contributed by atoms with van der Waals surface area (Å²) in [7, 11) is 0. The van der Waals surface area contributed by atoms with Gasteiger partial charge in [0.1, 0.15) is 4.83 Å². The van der Waals surface area contributed by atoms with E-state index in [1.165, 1.54) is 0 Å². The Morgan fingerprint density at radius 1 is 1.50 bits per heavy atom. The third-order valence-corrected chi connectivity index (χ3v) is 2.72. The molecule has 1 unspecified atom stereocenters. The molecule has 1 saturated carbocycles. The first-order valence-electron chi connectivity index (χ1n) is 3.16. The van der Waals surface area contributed by atoms with Crippen molar-refractivity contribution in [1.82, 2.24) is 0 Å². The lowest BCUT2D eigenvalue weighted by atomic mass is 9.91. The summed E-state index contributed by atoms with van der Waals surface area (Å²) in [6.45, 7) is 3.60. The Labute approximate surface area is 68.1 Å². The molecular weight excluding hydrogens is 196 g/mol. The minimum Gasteiger partial charge on any atom is -0.298 e. The predicted molar refractivity (Wildman–Crippen MR) is 41.1 cm³/mol. The van der Waals surface area contributed by atoms with Crippen molar-refractivity contribution in [3.05, 3.63) is 0 Å². The molecule has 56 valence electrons. The van der Waals surface area contributed by atoms with Gasteiger partial charge in [-0.1, -0.05) is 29.8 Å². The van der Waals surface area contributed by atoms with Gasteiger partial charge in [-0.15, -0.1) is 0 Å². The number of carbonyl (C=O) groups is 2. The highest BCUT2D eigenvalue weighted by atomic mass is 79.9. The van der Waals surface area contributed by atoms with Gasteiger partial charge in [0.05, 0.1) is 0 Å². The second-order valence-electron chi connectivity index (χ2n) is 3.25. The molecule has 0 amide bonds. The summed E-state index contributed by atoms with van der Waals surface area (Å²) >= 11 is 3.05. The zero-order valence-electron chi connectivity index (χ0n) is 5.98. The van der Waals surface area contributed by atoms with Gasteiger partial charge in [-0.3, -0.25) is 9.59 Å². The van der Waals surface area contributed by atoms with Crippen LogP contribution < -0.4 is 0 Å². The van der Waals surface area contributed by atoms with E-state index in [1.807, 2.05) is 0 Å². The third kappa shape index (κ3) is 1.03. The van der Waals surface area contributed by atoms with Crippen molar-refractivity contribution in [2.24, 2.45) is 5.41 Å². The van der Waals surface area contributed by atoms with Crippen molar-refractivity contribution in [2.45, 2.75) is 25.1 Å². The molecule has 3 heteroatoms. The highest BCUT2D eigenvalue weighted by Gasteiger charge is 2.45. The largest absolute Gasteiger partial charge is 0.298 e. The summed E-state index contributed by atoms with van der Waals surface area (Å²) in [6, 6.07) is 0. The number of halogens is 1. The summed E-state index contributed by atoms with van der Waals surface area (Å²) in [6.07, 6.45) is 0.377. The number of alkyl halides is 1. The average molecular weight is 205 g/mol. The summed E-state index contributed by atoms with van der Waals surface area (Å²) in [5, 5.41) is 0. The SMILES string of the molecule is CC1(C)CC(=O)C(Br)C1=O. The van der Waals surface area contributed by atoms with Crippen molar-refractivity contribution in [3.8, 4) is 0 Å². The molecule has 0 radical (unpaired) electrons. The lowest BCUT2D eigenvalue weighted by molar-refractivity contribution is -0.124. The summed E-state index contributed by atoms with van der Waals surface area (Å²) < 4.78 is 0. The van der Waals surface area contributed by atoms with Crippen LogP contribution in [0.15, 0.2) is 0 Å². The van der Waals surface area contributed by atoms with Crippen molar-refractivity contribution in [3.63, 3.8) is 0 Å². The van der Waals surface area contributed by atoms with Crippen molar-refractivity contribution < 1.29 is 9.59 Å². The number of hydrogen-bond acceptors (Lipinski definition) is 2. The van der Waals surface area contributed by atoms with E-state index in [4.69, 9.17) is 0 Å². The Hall–Kier alpha value is -0.180. The molecule has 0 aliphatic heterocycles. The number of rotatable bonds is 0. The van der Waals surface area contributed by atoms with E-state index in [-0.39, 0.29) is 11.6 Å². The molecule has 1 aliphatic rings. The van der Waals surface area contributed by atoms with E-state index in [0.717, 1.165) is 0 Å². The van der Waals surface area contributed by atoms with Crippen LogP contribution in [0.5, 0.6) is 0 Å². The maximum Gasteiger partial charge on any atom is 0.159 e. The van der Waals surface area contributed by atoms with Gasteiger partial charge in [-0.05, 0) is 0 Å². The van der Waals surface area contributed by atoms with Gasteiger partial charge in [-0.25, -0.2) is 0 Å². The van der Waals surface area contributed by atoms with E-state index >= 15 is 0 Å². The zero-order chi connectivity index (χ0) is 7.94. The molecule has 2 nitrogen and oxygen atoms in total. The van der Waals surface area contributed by atoms with Crippen molar-refractivity contribution >= 4 is 27.5 Å². The van der Waals surface area contributed by atoms with E-state index in [2.05, 4.69) is 15.9 Å². The molecule has 0 spiro atoms. The lowest BCUT2D eigenvalue weighted by Gasteiger charge is -2.11. The number of hydrogen-bond donors (Lipinski definition) is 0. The maximum absolute atomic E-state index is 11.2.